The first-order valence-electron chi connectivity index (χ1n) is 7.54. The van der Waals surface area contributed by atoms with Gasteiger partial charge in [0.05, 0.1) is 10.6 Å². The number of carbonyl (C=O) groups excluding carboxylic acids is 1. The Labute approximate surface area is 145 Å². The maximum Gasteiger partial charge on any atom is 0.264 e. The molecule has 130 valence electrons. The zero-order valence-corrected chi connectivity index (χ0v) is 14.8. The fraction of sp³-hybridized carbons (Fsp3) is 0.176. The summed E-state index contributed by atoms with van der Waals surface area (Å²) in [6, 6.07) is 10.1. The molecule has 0 unspecified atom stereocenters. The number of fused-ring (bicyclic) bond motifs is 1. The number of sulfonamides is 1. The van der Waals surface area contributed by atoms with Gasteiger partial charge in [-0.05, 0) is 37.4 Å². The van der Waals surface area contributed by atoms with Crippen LogP contribution in [-0.2, 0) is 14.8 Å². The van der Waals surface area contributed by atoms with E-state index in [0.29, 0.717) is 22.3 Å². The minimum atomic E-state index is -3.89. The maximum atomic E-state index is 12.8. The quantitative estimate of drug-likeness (QED) is 0.745. The standard InChI is InChI=1S/C17H17N3O4S/c1-10-11(2)19-24-17(10)20-25(22,23)16-6-4-5-13-7-8-14(9-15(13)16)18-12(3)21/h4-9,20H,1-3H3,(H,18,21). The lowest BCUT2D eigenvalue weighted by Crippen LogP contribution is -2.14. The molecule has 2 aromatic carbocycles. The van der Waals surface area contributed by atoms with Gasteiger partial charge in [0.1, 0.15) is 0 Å². The highest BCUT2D eigenvalue weighted by Gasteiger charge is 2.21. The van der Waals surface area contributed by atoms with Crippen molar-refractivity contribution >= 4 is 38.3 Å². The van der Waals surface area contributed by atoms with E-state index in [2.05, 4.69) is 15.2 Å². The fourth-order valence-electron chi connectivity index (χ4n) is 2.45. The average Bonchev–Trinajstić information content (AvgIpc) is 2.85. The largest absolute Gasteiger partial charge is 0.337 e. The summed E-state index contributed by atoms with van der Waals surface area (Å²) in [6.45, 7) is 4.85. The first kappa shape index (κ1) is 17.0. The number of aromatic nitrogens is 1. The summed E-state index contributed by atoms with van der Waals surface area (Å²) >= 11 is 0. The van der Waals surface area contributed by atoms with Crippen molar-refractivity contribution in [3.63, 3.8) is 0 Å². The summed E-state index contributed by atoms with van der Waals surface area (Å²) in [5, 5.41) is 7.64. The van der Waals surface area contributed by atoms with Gasteiger partial charge in [-0.25, -0.2) is 13.1 Å². The minimum Gasteiger partial charge on any atom is -0.337 e. The molecule has 0 saturated heterocycles. The van der Waals surface area contributed by atoms with E-state index >= 15 is 0 Å². The Morgan fingerprint density at radius 2 is 1.92 bits per heavy atom. The van der Waals surface area contributed by atoms with Gasteiger partial charge >= 0.3 is 0 Å². The Kier molecular flexibility index (Phi) is 4.22. The van der Waals surface area contributed by atoms with Crippen LogP contribution in [0.1, 0.15) is 18.2 Å². The van der Waals surface area contributed by atoms with Crippen LogP contribution in [0.5, 0.6) is 0 Å². The first-order chi connectivity index (χ1) is 11.8. The molecule has 7 nitrogen and oxygen atoms in total. The van der Waals surface area contributed by atoms with E-state index in [4.69, 9.17) is 4.52 Å². The molecular formula is C17H17N3O4S. The van der Waals surface area contributed by atoms with Crippen LogP contribution >= 0.6 is 0 Å². The van der Waals surface area contributed by atoms with E-state index < -0.39 is 10.0 Å². The van der Waals surface area contributed by atoms with Crippen molar-refractivity contribution < 1.29 is 17.7 Å². The lowest BCUT2D eigenvalue weighted by Gasteiger charge is -2.10. The molecule has 3 aromatic rings. The van der Waals surface area contributed by atoms with E-state index in [1.54, 1.807) is 44.2 Å². The van der Waals surface area contributed by atoms with Crippen molar-refractivity contribution in [2.75, 3.05) is 10.0 Å². The summed E-state index contributed by atoms with van der Waals surface area (Å²) < 4.78 is 33.1. The van der Waals surface area contributed by atoms with Gasteiger partial charge in [-0.1, -0.05) is 23.4 Å². The monoisotopic (exact) mass is 359 g/mol. The lowest BCUT2D eigenvalue weighted by molar-refractivity contribution is -0.114. The second-order valence-corrected chi connectivity index (χ2v) is 7.35. The molecule has 0 spiro atoms. The molecule has 0 atom stereocenters. The van der Waals surface area contributed by atoms with Gasteiger partial charge in [0.15, 0.2) is 0 Å². The smallest absolute Gasteiger partial charge is 0.264 e. The molecule has 3 rings (SSSR count). The molecule has 0 aliphatic heterocycles. The highest BCUT2D eigenvalue weighted by Crippen LogP contribution is 2.28. The number of hydrogen-bond donors (Lipinski definition) is 2. The highest BCUT2D eigenvalue weighted by molar-refractivity contribution is 7.93. The van der Waals surface area contributed by atoms with E-state index in [9.17, 15) is 13.2 Å². The molecule has 0 bridgehead atoms. The van der Waals surface area contributed by atoms with Crippen LogP contribution in [-0.4, -0.2) is 19.5 Å². The van der Waals surface area contributed by atoms with Crippen molar-refractivity contribution in [1.29, 1.82) is 0 Å². The summed E-state index contributed by atoms with van der Waals surface area (Å²) in [5.74, 6) is -0.141. The van der Waals surface area contributed by atoms with Crippen molar-refractivity contribution in [2.45, 2.75) is 25.7 Å². The molecule has 0 fully saturated rings. The fourth-order valence-corrected chi connectivity index (χ4v) is 3.72. The molecule has 2 N–H and O–H groups in total. The summed E-state index contributed by atoms with van der Waals surface area (Å²) in [7, 11) is -3.89. The van der Waals surface area contributed by atoms with Crippen molar-refractivity contribution in [3.8, 4) is 0 Å². The number of hydrogen-bond acceptors (Lipinski definition) is 5. The third-order valence-corrected chi connectivity index (χ3v) is 5.23. The SMILES string of the molecule is CC(=O)Nc1ccc2cccc(S(=O)(=O)Nc3onc(C)c3C)c2c1. The van der Waals surface area contributed by atoms with E-state index in [-0.39, 0.29) is 16.7 Å². The number of amides is 1. The summed E-state index contributed by atoms with van der Waals surface area (Å²) in [4.78, 5) is 11.3. The molecule has 1 amide bonds. The molecule has 25 heavy (non-hydrogen) atoms. The Morgan fingerprint density at radius 3 is 2.56 bits per heavy atom. The van der Waals surface area contributed by atoms with Gasteiger partial charge in [0, 0.05) is 23.6 Å². The highest BCUT2D eigenvalue weighted by atomic mass is 32.2. The number of rotatable bonds is 4. The number of carbonyl (C=O) groups is 1. The van der Waals surface area contributed by atoms with Crippen molar-refractivity contribution in [1.82, 2.24) is 5.16 Å². The Hall–Kier alpha value is -2.87. The maximum absolute atomic E-state index is 12.8. The Balaban J connectivity index is 2.09. The van der Waals surface area contributed by atoms with Crippen LogP contribution in [0.4, 0.5) is 11.6 Å². The summed E-state index contributed by atoms with van der Waals surface area (Å²) in [5.41, 5.74) is 1.76. The number of benzene rings is 2. The first-order valence-corrected chi connectivity index (χ1v) is 9.02. The normalized spacial score (nSPS) is 11.5. The van der Waals surface area contributed by atoms with Crippen LogP contribution in [0.15, 0.2) is 45.8 Å². The molecule has 0 saturated carbocycles. The van der Waals surface area contributed by atoms with Gasteiger partial charge in [0.25, 0.3) is 10.0 Å². The Morgan fingerprint density at radius 1 is 1.16 bits per heavy atom. The van der Waals surface area contributed by atoms with Crippen LogP contribution in [0.3, 0.4) is 0 Å². The van der Waals surface area contributed by atoms with Crippen molar-refractivity contribution in [2.24, 2.45) is 0 Å². The summed E-state index contributed by atoms with van der Waals surface area (Å²) in [6.07, 6.45) is 0. The average molecular weight is 359 g/mol. The Bertz CT molecular complexity index is 1070. The van der Waals surface area contributed by atoms with Crippen molar-refractivity contribution in [3.05, 3.63) is 47.7 Å². The molecule has 0 aliphatic rings. The number of aryl methyl sites for hydroxylation is 1. The predicted molar refractivity (Wildman–Crippen MR) is 95.0 cm³/mol. The van der Waals surface area contributed by atoms with Gasteiger partial charge in [-0.15, -0.1) is 0 Å². The molecular weight excluding hydrogens is 342 g/mol. The van der Waals surface area contributed by atoms with Gasteiger partial charge in [-0.3, -0.25) is 4.79 Å². The third kappa shape index (κ3) is 3.34. The number of nitrogens with one attached hydrogen (secondary N) is 2. The second kappa shape index (κ2) is 6.21. The number of nitrogens with zero attached hydrogens (tertiary/aromatic N) is 1. The zero-order valence-electron chi connectivity index (χ0n) is 14.0. The number of anilines is 2. The zero-order chi connectivity index (χ0) is 18.2. The van der Waals surface area contributed by atoms with Crippen LogP contribution in [0.2, 0.25) is 0 Å². The lowest BCUT2D eigenvalue weighted by atomic mass is 10.1. The van der Waals surface area contributed by atoms with E-state index in [1.807, 2.05) is 0 Å². The van der Waals surface area contributed by atoms with Gasteiger partial charge < -0.3 is 9.84 Å². The molecule has 0 radical (unpaired) electrons. The topological polar surface area (TPSA) is 101 Å². The molecule has 0 aliphatic carbocycles. The molecule has 1 aromatic heterocycles. The van der Waals surface area contributed by atoms with Crippen LogP contribution in [0, 0.1) is 13.8 Å². The third-order valence-electron chi connectivity index (χ3n) is 3.84. The molecule has 1 heterocycles. The van der Waals surface area contributed by atoms with Crippen LogP contribution < -0.4 is 10.0 Å². The predicted octanol–water partition coefficient (Wildman–Crippen LogP) is 3.20. The molecule has 8 heteroatoms. The van der Waals surface area contributed by atoms with E-state index in [1.165, 1.54) is 13.0 Å². The van der Waals surface area contributed by atoms with Crippen LogP contribution in [0.25, 0.3) is 10.8 Å². The second-order valence-electron chi connectivity index (χ2n) is 5.70. The van der Waals surface area contributed by atoms with Gasteiger partial charge in [0.2, 0.25) is 11.8 Å². The minimum absolute atomic E-state index is 0.0886. The van der Waals surface area contributed by atoms with E-state index in [0.717, 1.165) is 5.39 Å². The van der Waals surface area contributed by atoms with Gasteiger partial charge in [-0.2, -0.15) is 0 Å².